The van der Waals surface area contributed by atoms with Gasteiger partial charge in [0.15, 0.2) is 0 Å². The summed E-state index contributed by atoms with van der Waals surface area (Å²) in [5.41, 5.74) is 2.49. The summed E-state index contributed by atoms with van der Waals surface area (Å²) < 4.78 is 0. The van der Waals surface area contributed by atoms with Crippen molar-refractivity contribution >= 4 is 17.7 Å². The van der Waals surface area contributed by atoms with E-state index in [0.717, 1.165) is 31.8 Å². The lowest BCUT2D eigenvalue weighted by Crippen LogP contribution is -2.65. The average Bonchev–Trinajstić information content (AvgIpc) is 2.70. The van der Waals surface area contributed by atoms with Crippen LogP contribution in [0.3, 0.4) is 0 Å². The van der Waals surface area contributed by atoms with Crippen molar-refractivity contribution in [2.24, 2.45) is 11.8 Å². The molecule has 0 aromatic carbocycles. The molecule has 2 N–H and O–H groups in total. The number of nitrogens with one attached hydrogen (secondary N) is 2. The normalized spacial score (nSPS) is 32.0. The molecule has 2 aliphatic heterocycles. The SMILES string of the molecule is Cc1cccnc1CN1CCC(SCC2NC(=O)C3CCCC(C)C3N2)CC1. The van der Waals surface area contributed by atoms with Crippen LogP contribution in [0.2, 0.25) is 0 Å². The van der Waals surface area contributed by atoms with Crippen LogP contribution in [0.4, 0.5) is 0 Å². The Labute approximate surface area is 173 Å². The molecule has 28 heavy (non-hydrogen) atoms. The molecule has 0 bridgehead atoms. The summed E-state index contributed by atoms with van der Waals surface area (Å²) >= 11 is 2.04. The van der Waals surface area contributed by atoms with Crippen molar-refractivity contribution in [2.45, 2.75) is 70.0 Å². The first-order chi connectivity index (χ1) is 13.6. The minimum absolute atomic E-state index is 0.133. The maximum Gasteiger partial charge on any atom is 0.225 e. The molecule has 4 unspecified atom stereocenters. The molecule has 1 saturated carbocycles. The van der Waals surface area contributed by atoms with Gasteiger partial charge >= 0.3 is 0 Å². The Hall–Kier alpha value is -1.11. The van der Waals surface area contributed by atoms with Crippen LogP contribution in [-0.2, 0) is 11.3 Å². The minimum atomic E-state index is 0.133. The van der Waals surface area contributed by atoms with E-state index in [1.54, 1.807) is 0 Å². The van der Waals surface area contributed by atoms with E-state index < -0.39 is 0 Å². The maximum atomic E-state index is 12.5. The van der Waals surface area contributed by atoms with Crippen LogP contribution in [0.15, 0.2) is 18.3 Å². The zero-order valence-corrected chi connectivity index (χ0v) is 18.0. The Morgan fingerprint density at radius 3 is 2.86 bits per heavy atom. The first-order valence-corrected chi connectivity index (χ1v) is 12.0. The van der Waals surface area contributed by atoms with Crippen molar-refractivity contribution in [1.29, 1.82) is 0 Å². The van der Waals surface area contributed by atoms with Crippen LogP contribution in [0.1, 0.15) is 50.3 Å². The third-order valence-corrected chi connectivity index (χ3v) is 8.26. The smallest absolute Gasteiger partial charge is 0.225 e. The van der Waals surface area contributed by atoms with Gasteiger partial charge in [-0.1, -0.05) is 19.4 Å². The number of likely N-dealkylation sites (tertiary alicyclic amines) is 1. The van der Waals surface area contributed by atoms with Crippen LogP contribution in [0.5, 0.6) is 0 Å². The van der Waals surface area contributed by atoms with Crippen molar-refractivity contribution in [3.8, 4) is 0 Å². The molecule has 154 valence electrons. The summed E-state index contributed by atoms with van der Waals surface area (Å²) in [5.74, 6) is 2.05. The number of carbonyl (C=O) groups excluding carboxylic acids is 1. The third-order valence-electron chi connectivity index (χ3n) is 6.79. The molecule has 0 spiro atoms. The number of fused-ring (bicyclic) bond motifs is 1. The first-order valence-electron chi connectivity index (χ1n) is 10.9. The van der Waals surface area contributed by atoms with E-state index in [1.807, 2.05) is 24.0 Å². The summed E-state index contributed by atoms with van der Waals surface area (Å²) in [6.07, 6.45) is 7.95. The fraction of sp³-hybridized carbons (Fsp3) is 0.727. The van der Waals surface area contributed by atoms with Gasteiger partial charge in [0, 0.05) is 29.8 Å². The Kier molecular flexibility index (Phi) is 6.59. The van der Waals surface area contributed by atoms with E-state index in [2.05, 4.69) is 40.4 Å². The van der Waals surface area contributed by atoms with E-state index in [-0.39, 0.29) is 18.0 Å². The predicted octanol–water partition coefficient (Wildman–Crippen LogP) is 2.94. The van der Waals surface area contributed by atoms with E-state index in [4.69, 9.17) is 0 Å². The molecule has 1 aromatic heterocycles. The Morgan fingerprint density at radius 2 is 2.07 bits per heavy atom. The largest absolute Gasteiger partial charge is 0.340 e. The van der Waals surface area contributed by atoms with Gasteiger partial charge in [-0.25, -0.2) is 0 Å². The number of aromatic nitrogens is 1. The van der Waals surface area contributed by atoms with E-state index in [1.165, 1.54) is 36.9 Å². The second-order valence-electron chi connectivity index (χ2n) is 8.84. The maximum absolute atomic E-state index is 12.5. The summed E-state index contributed by atoms with van der Waals surface area (Å²) in [7, 11) is 0. The van der Waals surface area contributed by atoms with Gasteiger partial charge in [0.2, 0.25) is 5.91 Å². The molecule has 3 aliphatic rings. The molecule has 5 nitrogen and oxygen atoms in total. The summed E-state index contributed by atoms with van der Waals surface area (Å²) in [5, 5.41) is 7.68. The molecule has 4 rings (SSSR count). The van der Waals surface area contributed by atoms with Crippen LogP contribution >= 0.6 is 11.8 Å². The number of carbonyl (C=O) groups is 1. The monoisotopic (exact) mass is 402 g/mol. The van der Waals surface area contributed by atoms with Gasteiger partial charge < -0.3 is 5.32 Å². The lowest BCUT2D eigenvalue weighted by Gasteiger charge is -2.43. The van der Waals surface area contributed by atoms with Crippen molar-refractivity contribution < 1.29 is 4.79 Å². The fourth-order valence-electron chi connectivity index (χ4n) is 4.99. The van der Waals surface area contributed by atoms with E-state index in [9.17, 15) is 4.79 Å². The fourth-order valence-corrected chi connectivity index (χ4v) is 6.18. The molecule has 4 atom stereocenters. The molecule has 3 fully saturated rings. The standard InChI is InChI=1S/C22H34N4OS/c1-15-6-4-10-23-19(15)13-26-11-8-17(9-12-26)28-14-20-24-21-16(2)5-3-7-18(21)22(27)25-20/h4,6,10,16-18,20-21,24H,3,5,7-9,11-14H2,1-2H3,(H,25,27). The van der Waals surface area contributed by atoms with E-state index in [0.29, 0.717) is 17.2 Å². The summed E-state index contributed by atoms with van der Waals surface area (Å²) in [4.78, 5) is 19.6. The number of hydrogen-bond acceptors (Lipinski definition) is 5. The van der Waals surface area contributed by atoms with Gasteiger partial charge in [0.25, 0.3) is 0 Å². The topological polar surface area (TPSA) is 57.3 Å². The van der Waals surface area contributed by atoms with Gasteiger partial charge in [-0.05, 0) is 63.2 Å². The molecule has 0 radical (unpaired) electrons. The van der Waals surface area contributed by atoms with Crippen LogP contribution in [0.25, 0.3) is 0 Å². The number of hydrogen-bond donors (Lipinski definition) is 2. The molecule has 6 heteroatoms. The number of thioether (sulfide) groups is 1. The lowest BCUT2D eigenvalue weighted by atomic mass is 9.76. The summed E-state index contributed by atoms with van der Waals surface area (Å²) in [6.45, 7) is 7.69. The molecular formula is C22H34N4OS. The zero-order chi connectivity index (χ0) is 19.5. The highest BCUT2D eigenvalue weighted by molar-refractivity contribution is 7.99. The first kappa shape index (κ1) is 20.2. The third kappa shape index (κ3) is 4.71. The van der Waals surface area contributed by atoms with Crippen molar-refractivity contribution in [3.05, 3.63) is 29.6 Å². The summed E-state index contributed by atoms with van der Waals surface area (Å²) in [6, 6.07) is 4.53. The lowest BCUT2D eigenvalue weighted by molar-refractivity contribution is -0.131. The predicted molar refractivity (Wildman–Crippen MR) is 115 cm³/mol. The number of piperidine rings is 1. The number of pyridine rings is 1. The highest BCUT2D eigenvalue weighted by Gasteiger charge is 2.40. The quantitative estimate of drug-likeness (QED) is 0.793. The van der Waals surface area contributed by atoms with Crippen LogP contribution in [0, 0.1) is 18.8 Å². The van der Waals surface area contributed by atoms with Crippen LogP contribution in [-0.4, -0.2) is 52.1 Å². The van der Waals surface area contributed by atoms with Gasteiger partial charge in [-0.15, -0.1) is 0 Å². The van der Waals surface area contributed by atoms with Crippen LogP contribution < -0.4 is 10.6 Å². The Balaban J connectivity index is 1.21. The molecule has 1 aromatic rings. The molecular weight excluding hydrogens is 368 g/mol. The highest BCUT2D eigenvalue weighted by Crippen LogP contribution is 2.32. The van der Waals surface area contributed by atoms with Crippen molar-refractivity contribution in [3.63, 3.8) is 0 Å². The van der Waals surface area contributed by atoms with Gasteiger partial charge in [-0.3, -0.25) is 20.0 Å². The molecule has 1 amide bonds. The van der Waals surface area contributed by atoms with Gasteiger partial charge in [0.1, 0.15) is 0 Å². The highest BCUT2D eigenvalue weighted by atomic mass is 32.2. The van der Waals surface area contributed by atoms with Gasteiger partial charge in [-0.2, -0.15) is 11.8 Å². The van der Waals surface area contributed by atoms with Crippen molar-refractivity contribution in [2.75, 3.05) is 18.8 Å². The minimum Gasteiger partial charge on any atom is -0.340 e. The number of rotatable bonds is 5. The second-order valence-corrected chi connectivity index (χ2v) is 10.2. The Bertz CT molecular complexity index is 676. The molecule has 2 saturated heterocycles. The number of amides is 1. The molecule has 1 aliphatic carbocycles. The van der Waals surface area contributed by atoms with E-state index >= 15 is 0 Å². The Morgan fingerprint density at radius 1 is 1.25 bits per heavy atom. The van der Waals surface area contributed by atoms with Crippen molar-refractivity contribution in [1.82, 2.24) is 20.5 Å². The molecule has 3 heterocycles. The number of nitrogens with zero attached hydrogens (tertiary/aromatic N) is 2. The number of aryl methyl sites for hydroxylation is 1. The second kappa shape index (κ2) is 9.14. The average molecular weight is 403 g/mol. The zero-order valence-electron chi connectivity index (χ0n) is 17.2. The van der Waals surface area contributed by atoms with Gasteiger partial charge in [0.05, 0.1) is 17.8 Å².